The Morgan fingerprint density at radius 2 is 1.94 bits per heavy atom. The first-order valence-electron chi connectivity index (χ1n) is 10.3. The maximum Gasteiger partial charge on any atom is 0.485 e. The number of rotatable bonds is 0. The maximum atomic E-state index is 12.8. The summed E-state index contributed by atoms with van der Waals surface area (Å²) in [7, 11) is -3.73. The van der Waals surface area contributed by atoms with Gasteiger partial charge in [-0.3, -0.25) is 4.79 Å². The lowest BCUT2D eigenvalue weighted by Gasteiger charge is -2.68. The SMILES string of the molecule is C[N+]12CCO[C@@]34CCC(=O)[C@@H]5Oc6c(O)ccc(c6[C@@]53CC1)C[C@H]42.O=S(=O)([O-])C(F)(F)F. The van der Waals surface area contributed by atoms with E-state index in [-0.39, 0.29) is 17.1 Å². The zero-order chi connectivity index (χ0) is 23.3. The van der Waals surface area contributed by atoms with Crippen LogP contribution in [0, 0.1) is 0 Å². The molecule has 3 heterocycles. The van der Waals surface area contributed by atoms with Crippen LogP contribution in [-0.2, 0) is 31.5 Å². The molecule has 0 aromatic heterocycles. The topological polar surface area (TPSA) is 113 Å². The first-order valence-corrected chi connectivity index (χ1v) is 11.7. The van der Waals surface area contributed by atoms with Gasteiger partial charge in [0.05, 0.1) is 25.6 Å². The molecule has 0 radical (unpaired) electrons. The lowest BCUT2D eigenvalue weighted by Crippen LogP contribution is -2.84. The fraction of sp³-hybridized carbons (Fsp3) is 0.650. The van der Waals surface area contributed by atoms with Crippen LogP contribution in [0.3, 0.4) is 0 Å². The predicted molar refractivity (Wildman–Crippen MR) is 101 cm³/mol. The Labute approximate surface area is 182 Å². The van der Waals surface area contributed by atoms with Crippen LogP contribution in [0.25, 0.3) is 0 Å². The number of nitrogens with zero attached hydrogens (tertiary/aromatic N) is 1. The average Bonchev–Trinajstić information content (AvgIpc) is 3.04. The molecule has 1 unspecified atom stereocenters. The molecule has 5 aliphatic rings. The van der Waals surface area contributed by atoms with Crippen molar-refractivity contribution in [2.45, 2.75) is 54.4 Å². The van der Waals surface area contributed by atoms with E-state index in [1.54, 1.807) is 6.07 Å². The van der Waals surface area contributed by atoms with E-state index >= 15 is 0 Å². The van der Waals surface area contributed by atoms with Crippen molar-refractivity contribution in [3.05, 3.63) is 23.3 Å². The van der Waals surface area contributed by atoms with Gasteiger partial charge in [-0.2, -0.15) is 13.2 Å². The summed E-state index contributed by atoms with van der Waals surface area (Å²) in [4.78, 5) is 12.8. The van der Waals surface area contributed by atoms with Gasteiger partial charge in [0.25, 0.3) is 0 Å². The van der Waals surface area contributed by atoms with Gasteiger partial charge in [-0.05, 0) is 18.1 Å². The third kappa shape index (κ3) is 2.54. The molecular weight excluding hydrogens is 455 g/mol. The molecular formula is C20H22F3NO7S. The van der Waals surface area contributed by atoms with Crippen LogP contribution in [0.5, 0.6) is 11.5 Å². The van der Waals surface area contributed by atoms with E-state index in [0.29, 0.717) is 18.2 Å². The standard InChI is InChI=1S/C19H21NO4.CHF3O3S/c1-20-7-6-18-15-11-2-3-12(21)16(15)24-17(18)13(22)4-5-19(18,14(20)10-11)23-9-8-20;2-1(3,4)8(5,6)7/h2-3,14,17H,4-10H2,1H3;(H,5,6,7)/t14-,17+,18+,19-,20?;/m1./s1. The molecule has 32 heavy (non-hydrogen) atoms. The van der Waals surface area contributed by atoms with Gasteiger partial charge in [-0.1, -0.05) is 6.07 Å². The van der Waals surface area contributed by atoms with Crippen LogP contribution in [0.15, 0.2) is 12.1 Å². The van der Waals surface area contributed by atoms with Crippen molar-refractivity contribution in [2.75, 3.05) is 26.7 Å². The van der Waals surface area contributed by atoms with Gasteiger partial charge in [0.1, 0.15) is 18.2 Å². The predicted octanol–water partition coefficient (Wildman–Crippen LogP) is 1.35. The Bertz CT molecular complexity index is 1120. The molecule has 1 saturated carbocycles. The minimum Gasteiger partial charge on any atom is -0.741 e. The number of benzene rings is 1. The Morgan fingerprint density at radius 1 is 1.25 bits per heavy atom. The highest BCUT2D eigenvalue weighted by atomic mass is 32.2. The van der Waals surface area contributed by atoms with E-state index in [0.717, 1.165) is 49.0 Å². The summed E-state index contributed by atoms with van der Waals surface area (Å²) < 4.78 is 72.7. The number of Topliss-reactive ketones (excluding diaryl/α,β-unsaturated/α-hetero) is 1. The van der Waals surface area contributed by atoms with Crippen LogP contribution in [-0.4, -0.2) is 78.3 Å². The third-order valence-corrected chi connectivity index (χ3v) is 8.68. The van der Waals surface area contributed by atoms with Crippen molar-refractivity contribution in [3.63, 3.8) is 0 Å². The second kappa shape index (κ2) is 6.37. The van der Waals surface area contributed by atoms with E-state index in [4.69, 9.17) is 22.4 Å². The molecule has 2 aliphatic carbocycles. The summed E-state index contributed by atoms with van der Waals surface area (Å²) in [6.07, 6.45) is 2.68. The Morgan fingerprint density at radius 3 is 2.59 bits per heavy atom. The third-order valence-electron chi connectivity index (χ3n) is 8.11. The van der Waals surface area contributed by atoms with E-state index in [1.165, 1.54) is 5.56 Å². The number of hydrogen-bond acceptors (Lipinski definition) is 7. The van der Waals surface area contributed by atoms with Gasteiger partial charge in [0.15, 0.2) is 33.5 Å². The minimum atomic E-state index is -6.09. The summed E-state index contributed by atoms with van der Waals surface area (Å²) in [5.41, 5.74) is -4.02. The van der Waals surface area contributed by atoms with E-state index < -0.39 is 27.1 Å². The van der Waals surface area contributed by atoms with Crippen molar-refractivity contribution in [1.82, 2.24) is 0 Å². The number of quaternary nitrogens is 1. The van der Waals surface area contributed by atoms with Crippen molar-refractivity contribution in [2.24, 2.45) is 0 Å². The van der Waals surface area contributed by atoms with Crippen molar-refractivity contribution in [1.29, 1.82) is 0 Å². The molecule has 6 rings (SSSR count). The normalized spacial score (nSPS) is 38.8. The maximum absolute atomic E-state index is 12.8. The lowest BCUT2D eigenvalue weighted by atomic mass is 9.48. The van der Waals surface area contributed by atoms with Gasteiger partial charge >= 0.3 is 5.51 Å². The van der Waals surface area contributed by atoms with Crippen LogP contribution < -0.4 is 4.74 Å². The van der Waals surface area contributed by atoms with Crippen LogP contribution >= 0.6 is 0 Å². The first kappa shape index (κ1) is 21.9. The average molecular weight is 477 g/mol. The summed E-state index contributed by atoms with van der Waals surface area (Å²) in [5.74, 6) is 0.890. The number of likely N-dealkylation sites (N-methyl/N-ethyl adjacent to an activating group) is 1. The molecule has 0 amide bonds. The molecule has 3 aliphatic heterocycles. The van der Waals surface area contributed by atoms with E-state index in [1.807, 2.05) is 6.07 Å². The van der Waals surface area contributed by atoms with Crippen LogP contribution in [0.4, 0.5) is 13.2 Å². The number of phenols is 1. The van der Waals surface area contributed by atoms with Gasteiger partial charge in [0.2, 0.25) is 0 Å². The van der Waals surface area contributed by atoms with E-state index in [2.05, 4.69) is 7.05 Å². The molecule has 2 saturated heterocycles. The molecule has 1 aromatic rings. The number of ketones is 1. The number of phenolic OH excluding ortho intramolecular Hbond substituents is 1. The molecule has 8 nitrogen and oxygen atoms in total. The summed E-state index contributed by atoms with van der Waals surface area (Å²) in [6, 6.07) is 4.14. The zero-order valence-corrected chi connectivity index (χ0v) is 18.0. The van der Waals surface area contributed by atoms with Crippen molar-refractivity contribution in [3.8, 4) is 11.5 Å². The number of piperidine rings is 1. The fourth-order valence-electron chi connectivity index (χ4n) is 6.79. The highest BCUT2D eigenvalue weighted by molar-refractivity contribution is 7.86. The van der Waals surface area contributed by atoms with Gasteiger partial charge in [-0.25, -0.2) is 8.42 Å². The van der Waals surface area contributed by atoms with Gasteiger partial charge in [0, 0.05) is 24.8 Å². The van der Waals surface area contributed by atoms with Gasteiger partial charge in [-0.15, -0.1) is 0 Å². The first-order chi connectivity index (χ1) is 14.8. The number of halogens is 3. The minimum absolute atomic E-state index is 0.164. The molecule has 5 atom stereocenters. The Hall–Kier alpha value is -1.89. The highest BCUT2D eigenvalue weighted by Gasteiger charge is 2.78. The zero-order valence-electron chi connectivity index (χ0n) is 17.1. The van der Waals surface area contributed by atoms with E-state index in [9.17, 15) is 23.1 Å². The number of carbonyl (C=O) groups is 1. The highest BCUT2D eigenvalue weighted by Crippen LogP contribution is 2.67. The lowest BCUT2D eigenvalue weighted by molar-refractivity contribution is -0.959. The summed E-state index contributed by atoms with van der Waals surface area (Å²) in [6.45, 7) is 2.85. The van der Waals surface area contributed by atoms with Crippen LogP contribution in [0.1, 0.15) is 30.4 Å². The summed E-state index contributed by atoms with van der Waals surface area (Å²) in [5, 5.41) is 10.4. The molecule has 1 N–H and O–H groups in total. The summed E-state index contributed by atoms with van der Waals surface area (Å²) >= 11 is 0. The monoisotopic (exact) mass is 477 g/mol. The van der Waals surface area contributed by atoms with Crippen molar-refractivity contribution < 1.29 is 50.0 Å². The number of alkyl halides is 3. The molecule has 2 spiro atoms. The quantitative estimate of drug-likeness (QED) is 0.341. The Kier molecular flexibility index (Phi) is 4.36. The number of aromatic hydroxyl groups is 1. The number of carbonyl (C=O) groups excluding carboxylic acids is 1. The largest absolute Gasteiger partial charge is 0.741 e. The van der Waals surface area contributed by atoms with Gasteiger partial charge < -0.3 is 23.6 Å². The molecule has 12 heteroatoms. The Balaban J connectivity index is 0.000000235. The smallest absolute Gasteiger partial charge is 0.485 e. The van der Waals surface area contributed by atoms with Crippen LogP contribution in [0.2, 0.25) is 0 Å². The molecule has 1 aromatic carbocycles. The number of morpholine rings is 1. The molecule has 4 bridgehead atoms. The van der Waals surface area contributed by atoms with Crippen molar-refractivity contribution >= 4 is 15.9 Å². The second-order valence-electron chi connectivity index (χ2n) is 9.42. The molecule has 176 valence electrons. The second-order valence-corrected chi connectivity index (χ2v) is 10.8. The number of ether oxygens (including phenoxy) is 2. The fourth-order valence-corrected chi connectivity index (χ4v) is 6.79. The molecule has 3 fully saturated rings. The number of hydrogen-bond donors (Lipinski definition) is 1.